The molecule has 44 heavy (non-hydrogen) atoms. The quantitative estimate of drug-likeness (QED) is 0.116. The van der Waals surface area contributed by atoms with Crippen molar-refractivity contribution in [1.82, 2.24) is 15.2 Å². The van der Waals surface area contributed by atoms with Crippen molar-refractivity contribution in [2.75, 3.05) is 44.2 Å². The number of aromatic nitrogens is 1. The third kappa shape index (κ3) is 13.2. The predicted octanol–water partition coefficient (Wildman–Crippen LogP) is 7.13. The van der Waals surface area contributed by atoms with Crippen molar-refractivity contribution in [2.45, 2.75) is 115 Å². The molecule has 1 aliphatic rings. The number of nitrogens with zero attached hydrogens (tertiary/aromatic N) is 3. The second-order valence-electron chi connectivity index (χ2n) is 12.5. The Balaban J connectivity index is 1.08. The van der Waals surface area contributed by atoms with Gasteiger partial charge in [-0.25, -0.2) is 4.98 Å². The Morgan fingerprint density at radius 1 is 0.795 bits per heavy atom. The molecule has 0 bridgehead atoms. The molecule has 246 valence electrons. The summed E-state index contributed by atoms with van der Waals surface area (Å²) in [7, 11) is -3.64. The monoisotopic (exact) mass is 628 g/mol. The van der Waals surface area contributed by atoms with E-state index in [-0.39, 0.29) is 17.4 Å². The van der Waals surface area contributed by atoms with Crippen molar-refractivity contribution < 1.29 is 17.4 Å². The lowest BCUT2D eigenvalue weighted by molar-refractivity contribution is 0.0952. The van der Waals surface area contributed by atoms with E-state index in [9.17, 15) is 13.2 Å². The average Bonchev–Trinajstić information content (AvgIpc) is 3.02. The zero-order valence-electron chi connectivity index (χ0n) is 27.4. The molecule has 0 unspecified atom stereocenters. The van der Waals surface area contributed by atoms with Gasteiger partial charge in [0.05, 0.1) is 17.1 Å². The average molecular weight is 629 g/mol. The predicted molar refractivity (Wildman–Crippen MR) is 180 cm³/mol. The first-order chi connectivity index (χ1) is 21.3. The van der Waals surface area contributed by atoms with Crippen LogP contribution in [0.4, 0.5) is 5.82 Å². The van der Waals surface area contributed by atoms with Crippen molar-refractivity contribution in [1.29, 1.82) is 0 Å². The highest BCUT2D eigenvalue weighted by Crippen LogP contribution is 2.17. The summed E-state index contributed by atoms with van der Waals surface area (Å²) < 4.78 is 29.6. The van der Waals surface area contributed by atoms with Crippen molar-refractivity contribution in [3.63, 3.8) is 0 Å². The van der Waals surface area contributed by atoms with Crippen LogP contribution >= 0.6 is 0 Å². The molecule has 8 nitrogen and oxygen atoms in total. The molecule has 1 fully saturated rings. The highest BCUT2D eigenvalue weighted by molar-refractivity contribution is 7.86. The highest BCUT2D eigenvalue weighted by atomic mass is 32.2. The summed E-state index contributed by atoms with van der Waals surface area (Å²) in [5.41, 5.74) is 1.66. The number of hydrogen-bond donors (Lipinski definition) is 1. The summed E-state index contributed by atoms with van der Waals surface area (Å²) in [6.07, 6.45) is 16.8. The number of hydrogen-bond acceptors (Lipinski definition) is 7. The van der Waals surface area contributed by atoms with Gasteiger partial charge in [-0.1, -0.05) is 88.3 Å². The maximum Gasteiger partial charge on any atom is 0.296 e. The van der Waals surface area contributed by atoms with Crippen molar-refractivity contribution >= 4 is 21.8 Å². The van der Waals surface area contributed by atoms with Crippen LogP contribution in [0.3, 0.4) is 0 Å². The Labute approximate surface area is 267 Å². The molecule has 1 N–H and O–H groups in total. The Kier molecular flexibility index (Phi) is 16.2. The van der Waals surface area contributed by atoms with Crippen LogP contribution in [-0.4, -0.2) is 69.6 Å². The van der Waals surface area contributed by atoms with E-state index in [2.05, 4.69) is 33.9 Å². The number of amides is 1. The second kappa shape index (κ2) is 19.8. The number of anilines is 1. The van der Waals surface area contributed by atoms with Gasteiger partial charge in [0, 0.05) is 45.0 Å². The van der Waals surface area contributed by atoms with Crippen LogP contribution in [0.2, 0.25) is 0 Å². The number of benzene rings is 1. The summed E-state index contributed by atoms with van der Waals surface area (Å²) in [6, 6.07) is 11.2. The Morgan fingerprint density at radius 2 is 1.34 bits per heavy atom. The topological polar surface area (TPSA) is 91.8 Å². The molecule has 0 atom stereocenters. The molecular weight excluding hydrogens is 572 g/mol. The third-order valence-electron chi connectivity index (χ3n) is 8.53. The van der Waals surface area contributed by atoms with Gasteiger partial charge in [-0.15, -0.1) is 0 Å². The van der Waals surface area contributed by atoms with Crippen molar-refractivity contribution in [2.24, 2.45) is 0 Å². The maximum atomic E-state index is 12.5. The molecule has 0 saturated carbocycles. The number of rotatable bonds is 21. The molecule has 9 heteroatoms. The van der Waals surface area contributed by atoms with Crippen molar-refractivity contribution in [3.05, 3.63) is 53.7 Å². The Bertz CT molecular complexity index is 1180. The van der Waals surface area contributed by atoms with Gasteiger partial charge in [-0.05, 0) is 57.9 Å². The smallest absolute Gasteiger partial charge is 0.296 e. The van der Waals surface area contributed by atoms with Gasteiger partial charge in [0.1, 0.15) is 5.82 Å². The van der Waals surface area contributed by atoms with Gasteiger partial charge in [0.15, 0.2) is 0 Å². The molecule has 0 spiro atoms. The Morgan fingerprint density at radius 3 is 1.86 bits per heavy atom. The molecule has 1 aromatic heterocycles. The summed E-state index contributed by atoms with van der Waals surface area (Å²) >= 11 is 0. The van der Waals surface area contributed by atoms with Crippen molar-refractivity contribution in [3.8, 4) is 0 Å². The normalized spacial score (nSPS) is 14.3. The summed E-state index contributed by atoms with van der Waals surface area (Å²) in [5.74, 6) is 0.922. The van der Waals surface area contributed by atoms with Gasteiger partial charge >= 0.3 is 0 Å². The Hall–Kier alpha value is -2.49. The van der Waals surface area contributed by atoms with E-state index >= 15 is 0 Å². The largest absolute Gasteiger partial charge is 0.354 e. The fourth-order valence-electron chi connectivity index (χ4n) is 5.59. The van der Waals surface area contributed by atoms with Crippen LogP contribution in [0.15, 0.2) is 47.5 Å². The SMILES string of the molecule is Cc1ccc(S(=O)(=O)OCCCCCCCCCCCCCCCNC(=O)c2ccc(N3CCN(C(C)C)CC3)nc2)cc1. The zero-order valence-corrected chi connectivity index (χ0v) is 28.3. The molecule has 1 amide bonds. The number of aryl methyl sites for hydroxylation is 1. The van der Waals surface area contributed by atoms with Gasteiger partial charge in [-0.3, -0.25) is 13.9 Å². The fraction of sp³-hybridized carbons (Fsp3) is 0.657. The van der Waals surface area contributed by atoms with E-state index in [1.807, 2.05) is 19.1 Å². The molecule has 1 aromatic carbocycles. The number of pyridine rings is 1. The van der Waals surface area contributed by atoms with Crippen LogP contribution in [0, 0.1) is 6.92 Å². The van der Waals surface area contributed by atoms with E-state index in [0.29, 0.717) is 18.2 Å². The van der Waals surface area contributed by atoms with Crippen LogP contribution in [0.5, 0.6) is 0 Å². The standard InChI is InChI=1S/C35H56N4O4S/c1-30(2)38-24-26-39(27-25-38)34-22-19-32(29-37-34)35(40)36-23-15-13-11-9-7-5-4-6-8-10-12-14-16-28-43-44(41,42)33-20-17-31(3)18-21-33/h17-22,29-30H,4-16,23-28H2,1-3H3,(H,36,40). The number of unbranched alkanes of at least 4 members (excludes halogenated alkanes) is 12. The first-order valence-corrected chi connectivity index (χ1v) is 18.4. The van der Waals surface area contributed by atoms with E-state index < -0.39 is 10.1 Å². The highest BCUT2D eigenvalue weighted by Gasteiger charge is 2.20. The van der Waals surface area contributed by atoms with Crippen LogP contribution in [0.25, 0.3) is 0 Å². The molecule has 1 saturated heterocycles. The number of carbonyl (C=O) groups excluding carboxylic acids is 1. The molecule has 2 aromatic rings. The van der Waals surface area contributed by atoms with Crippen LogP contribution in [0.1, 0.15) is 113 Å². The maximum absolute atomic E-state index is 12.5. The first kappa shape index (κ1) is 36.0. The van der Waals surface area contributed by atoms with E-state index in [1.54, 1.807) is 30.5 Å². The number of nitrogens with one attached hydrogen (secondary N) is 1. The van der Waals surface area contributed by atoms with E-state index in [0.717, 1.165) is 69.7 Å². The van der Waals surface area contributed by atoms with Crippen LogP contribution in [-0.2, 0) is 14.3 Å². The van der Waals surface area contributed by atoms with Gasteiger partial charge in [0.2, 0.25) is 0 Å². The van der Waals surface area contributed by atoms with Gasteiger partial charge in [0.25, 0.3) is 16.0 Å². The minimum absolute atomic E-state index is 0.0342. The summed E-state index contributed by atoms with van der Waals surface area (Å²) in [6.45, 7) is 11.4. The lowest BCUT2D eigenvalue weighted by Gasteiger charge is -2.37. The van der Waals surface area contributed by atoms with Gasteiger partial charge < -0.3 is 10.2 Å². The molecular formula is C35H56N4O4S. The zero-order chi connectivity index (χ0) is 31.6. The molecule has 0 aliphatic carbocycles. The van der Waals surface area contributed by atoms with Gasteiger partial charge in [-0.2, -0.15) is 8.42 Å². The molecule has 3 rings (SSSR count). The second-order valence-corrected chi connectivity index (χ2v) is 14.1. The third-order valence-corrected chi connectivity index (χ3v) is 9.86. The van der Waals surface area contributed by atoms with E-state index in [1.165, 1.54) is 51.4 Å². The minimum atomic E-state index is -3.64. The minimum Gasteiger partial charge on any atom is -0.354 e. The number of piperazine rings is 1. The van der Waals surface area contributed by atoms with E-state index in [4.69, 9.17) is 4.18 Å². The van der Waals surface area contributed by atoms with Crippen LogP contribution < -0.4 is 10.2 Å². The lowest BCUT2D eigenvalue weighted by Crippen LogP contribution is -2.49. The lowest BCUT2D eigenvalue weighted by atomic mass is 10.0. The number of carbonyl (C=O) groups is 1. The molecule has 2 heterocycles. The first-order valence-electron chi connectivity index (χ1n) is 17.0. The fourth-order valence-corrected chi connectivity index (χ4v) is 6.53. The molecule has 0 radical (unpaired) electrons. The summed E-state index contributed by atoms with van der Waals surface area (Å²) in [4.78, 5) is 22.1. The molecule has 1 aliphatic heterocycles. The summed E-state index contributed by atoms with van der Waals surface area (Å²) in [5, 5.41) is 3.04.